The third-order valence-corrected chi connectivity index (χ3v) is 2.51. The summed E-state index contributed by atoms with van der Waals surface area (Å²) in [7, 11) is 0. The highest BCUT2D eigenvalue weighted by Crippen LogP contribution is 2.28. The van der Waals surface area contributed by atoms with E-state index in [1.54, 1.807) is 0 Å². The number of carboxylic acids is 1. The number of nitrogen functional groups attached to an aromatic ring is 1. The molecule has 5 nitrogen and oxygen atoms in total. The van der Waals surface area contributed by atoms with Gasteiger partial charge in [-0.2, -0.15) is 5.10 Å². The summed E-state index contributed by atoms with van der Waals surface area (Å²) >= 11 is 0. The van der Waals surface area contributed by atoms with E-state index in [9.17, 15) is 4.79 Å². The Bertz CT molecular complexity index is 546. The van der Waals surface area contributed by atoms with Crippen molar-refractivity contribution in [3.63, 3.8) is 0 Å². The van der Waals surface area contributed by atoms with Crippen LogP contribution in [0.3, 0.4) is 0 Å². The average Bonchev–Trinajstić information content (AvgIpc) is 2.54. The van der Waals surface area contributed by atoms with E-state index < -0.39 is 5.97 Å². The summed E-state index contributed by atoms with van der Waals surface area (Å²) in [5.41, 5.74) is 8.39. The molecule has 1 aromatic carbocycles. The van der Waals surface area contributed by atoms with Crippen molar-refractivity contribution in [3.05, 3.63) is 36.0 Å². The first kappa shape index (κ1) is 11.2. The van der Waals surface area contributed by atoms with Gasteiger partial charge in [-0.15, -0.1) is 0 Å². The maximum Gasteiger partial charge on any atom is 0.325 e. The number of nitrogens with two attached hydrogens (primary N) is 1. The van der Waals surface area contributed by atoms with Crippen LogP contribution in [-0.4, -0.2) is 20.9 Å². The van der Waals surface area contributed by atoms with Gasteiger partial charge in [0, 0.05) is 5.56 Å². The van der Waals surface area contributed by atoms with Crippen LogP contribution in [0.15, 0.2) is 30.3 Å². The lowest BCUT2D eigenvalue weighted by Crippen LogP contribution is -2.12. The molecule has 0 saturated heterocycles. The molecule has 2 rings (SSSR count). The summed E-state index contributed by atoms with van der Waals surface area (Å²) in [6.07, 6.45) is 0. The van der Waals surface area contributed by atoms with Gasteiger partial charge in [-0.3, -0.25) is 4.79 Å². The summed E-state index contributed by atoms with van der Waals surface area (Å²) in [4.78, 5) is 10.7. The van der Waals surface area contributed by atoms with Gasteiger partial charge in [-0.25, -0.2) is 4.68 Å². The van der Waals surface area contributed by atoms with E-state index in [1.165, 1.54) is 4.68 Å². The van der Waals surface area contributed by atoms with E-state index in [4.69, 9.17) is 10.8 Å². The van der Waals surface area contributed by atoms with Crippen LogP contribution >= 0.6 is 0 Å². The number of aliphatic carboxylic acids is 1. The monoisotopic (exact) mass is 231 g/mol. The Balaban J connectivity index is 2.49. The molecule has 0 atom stereocenters. The van der Waals surface area contributed by atoms with E-state index in [1.807, 2.05) is 37.3 Å². The Labute approximate surface area is 98.5 Å². The molecule has 0 radical (unpaired) electrons. The third-order valence-electron chi connectivity index (χ3n) is 2.51. The predicted molar refractivity (Wildman–Crippen MR) is 64.4 cm³/mol. The zero-order valence-electron chi connectivity index (χ0n) is 9.42. The first-order valence-electron chi connectivity index (χ1n) is 5.19. The number of benzene rings is 1. The standard InChI is InChI=1S/C12H13N3O2/c1-8-11(9-5-3-2-4-6-9)12(13)15(14-8)7-10(16)17/h2-6H,7,13H2,1H3,(H,16,17). The van der Waals surface area contributed by atoms with Crippen molar-refractivity contribution in [3.8, 4) is 11.1 Å². The van der Waals surface area contributed by atoms with E-state index in [0.717, 1.165) is 16.8 Å². The molecule has 0 aliphatic heterocycles. The molecule has 1 aromatic heterocycles. The van der Waals surface area contributed by atoms with Gasteiger partial charge in [-0.05, 0) is 12.5 Å². The van der Waals surface area contributed by atoms with E-state index in [-0.39, 0.29) is 6.54 Å². The molecule has 0 aliphatic rings. The minimum Gasteiger partial charge on any atom is -0.480 e. The molecule has 1 heterocycles. The maximum absolute atomic E-state index is 10.7. The van der Waals surface area contributed by atoms with Crippen molar-refractivity contribution in [2.45, 2.75) is 13.5 Å². The van der Waals surface area contributed by atoms with E-state index >= 15 is 0 Å². The number of anilines is 1. The van der Waals surface area contributed by atoms with Gasteiger partial charge in [-0.1, -0.05) is 30.3 Å². The number of aryl methyl sites for hydroxylation is 1. The van der Waals surface area contributed by atoms with Gasteiger partial charge < -0.3 is 10.8 Å². The summed E-state index contributed by atoms with van der Waals surface area (Å²) in [5, 5.41) is 12.9. The quantitative estimate of drug-likeness (QED) is 0.839. The molecule has 0 unspecified atom stereocenters. The molecule has 3 N–H and O–H groups in total. The van der Waals surface area contributed by atoms with Crippen molar-refractivity contribution in [1.82, 2.24) is 9.78 Å². The van der Waals surface area contributed by atoms with Crippen molar-refractivity contribution in [2.24, 2.45) is 0 Å². The van der Waals surface area contributed by atoms with Crippen LogP contribution in [0.1, 0.15) is 5.69 Å². The second-order valence-corrected chi connectivity index (χ2v) is 3.76. The Morgan fingerprint density at radius 2 is 2.06 bits per heavy atom. The predicted octanol–water partition coefficient (Wildman–Crippen LogP) is 1.53. The molecule has 88 valence electrons. The minimum atomic E-state index is -0.959. The number of rotatable bonds is 3. The fourth-order valence-electron chi connectivity index (χ4n) is 1.81. The second kappa shape index (κ2) is 4.29. The number of hydrogen-bond acceptors (Lipinski definition) is 3. The summed E-state index contributed by atoms with van der Waals surface area (Å²) in [6, 6.07) is 9.57. The van der Waals surface area contributed by atoms with Crippen LogP contribution in [0.2, 0.25) is 0 Å². The number of carbonyl (C=O) groups is 1. The summed E-state index contributed by atoms with van der Waals surface area (Å²) in [5.74, 6) is -0.574. The molecule has 0 aliphatic carbocycles. The average molecular weight is 231 g/mol. The van der Waals surface area contributed by atoms with E-state index in [2.05, 4.69) is 5.10 Å². The number of carboxylic acid groups (broad SMARTS) is 1. The van der Waals surface area contributed by atoms with Crippen LogP contribution in [-0.2, 0) is 11.3 Å². The normalized spacial score (nSPS) is 10.4. The van der Waals surface area contributed by atoms with Crippen molar-refractivity contribution >= 4 is 11.8 Å². The van der Waals surface area contributed by atoms with Gasteiger partial charge in [0.05, 0.1) is 5.69 Å². The first-order valence-corrected chi connectivity index (χ1v) is 5.19. The molecule has 17 heavy (non-hydrogen) atoms. The Hall–Kier alpha value is -2.30. The molecule has 5 heteroatoms. The van der Waals surface area contributed by atoms with Crippen molar-refractivity contribution < 1.29 is 9.90 Å². The fourth-order valence-corrected chi connectivity index (χ4v) is 1.81. The fraction of sp³-hybridized carbons (Fsp3) is 0.167. The lowest BCUT2D eigenvalue weighted by atomic mass is 10.1. The van der Waals surface area contributed by atoms with Crippen molar-refractivity contribution in [1.29, 1.82) is 0 Å². The Morgan fingerprint density at radius 3 is 2.65 bits per heavy atom. The number of hydrogen-bond donors (Lipinski definition) is 2. The molecule has 0 spiro atoms. The molecule has 2 aromatic rings. The number of aromatic nitrogens is 2. The van der Waals surface area contributed by atoms with Gasteiger partial charge in [0.25, 0.3) is 0 Å². The second-order valence-electron chi connectivity index (χ2n) is 3.76. The first-order chi connectivity index (χ1) is 8.09. The highest BCUT2D eigenvalue weighted by Gasteiger charge is 2.15. The number of nitrogens with zero attached hydrogens (tertiary/aromatic N) is 2. The Kier molecular flexibility index (Phi) is 2.82. The van der Waals surface area contributed by atoms with E-state index in [0.29, 0.717) is 5.82 Å². The van der Waals surface area contributed by atoms with Crippen LogP contribution in [0.25, 0.3) is 11.1 Å². The van der Waals surface area contributed by atoms with Gasteiger partial charge >= 0.3 is 5.97 Å². The highest BCUT2D eigenvalue weighted by atomic mass is 16.4. The molecule has 0 saturated carbocycles. The zero-order chi connectivity index (χ0) is 12.4. The zero-order valence-corrected chi connectivity index (χ0v) is 9.42. The van der Waals surface area contributed by atoms with Crippen LogP contribution in [0.4, 0.5) is 5.82 Å². The smallest absolute Gasteiger partial charge is 0.325 e. The summed E-state index contributed by atoms with van der Waals surface area (Å²) < 4.78 is 1.31. The Morgan fingerprint density at radius 1 is 1.41 bits per heavy atom. The molecule has 0 bridgehead atoms. The maximum atomic E-state index is 10.7. The third kappa shape index (κ3) is 2.13. The van der Waals surface area contributed by atoms with Crippen LogP contribution in [0.5, 0.6) is 0 Å². The minimum absolute atomic E-state index is 0.223. The lowest BCUT2D eigenvalue weighted by Gasteiger charge is -2.02. The van der Waals surface area contributed by atoms with Crippen molar-refractivity contribution in [2.75, 3.05) is 5.73 Å². The van der Waals surface area contributed by atoms with Crippen LogP contribution in [0, 0.1) is 6.92 Å². The molecule has 0 amide bonds. The van der Waals surface area contributed by atoms with Gasteiger partial charge in [0.1, 0.15) is 12.4 Å². The molecular weight excluding hydrogens is 218 g/mol. The largest absolute Gasteiger partial charge is 0.480 e. The SMILES string of the molecule is Cc1nn(CC(=O)O)c(N)c1-c1ccccc1. The highest BCUT2D eigenvalue weighted by molar-refractivity contribution is 5.77. The van der Waals surface area contributed by atoms with Crippen LogP contribution < -0.4 is 5.73 Å². The topological polar surface area (TPSA) is 81.1 Å². The van der Waals surface area contributed by atoms with Gasteiger partial charge in [0.15, 0.2) is 0 Å². The molecule has 0 fully saturated rings. The molecular formula is C12H13N3O2. The summed E-state index contributed by atoms with van der Waals surface area (Å²) in [6.45, 7) is 1.59. The van der Waals surface area contributed by atoms with Gasteiger partial charge in [0.2, 0.25) is 0 Å². The lowest BCUT2D eigenvalue weighted by molar-refractivity contribution is -0.137.